The average molecular weight is 358 g/mol. The Morgan fingerprint density at radius 1 is 1.32 bits per heavy atom. The monoisotopic (exact) mass is 358 g/mol. The Morgan fingerprint density at radius 3 is 2.72 bits per heavy atom. The van der Waals surface area contributed by atoms with Crippen LogP contribution in [0.1, 0.15) is 41.7 Å². The van der Waals surface area contributed by atoms with Gasteiger partial charge in [-0.15, -0.1) is 11.3 Å². The lowest BCUT2D eigenvalue weighted by Crippen LogP contribution is -2.40. The molecule has 1 atom stereocenters. The molecule has 1 aliphatic heterocycles. The first-order chi connectivity index (χ1) is 12.0. The van der Waals surface area contributed by atoms with Gasteiger partial charge in [0.2, 0.25) is 0 Å². The van der Waals surface area contributed by atoms with Crippen LogP contribution in [-0.4, -0.2) is 40.0 Å². The SMILES string of the molecule is Cc1csc(-c2ccc(C(=O)N3CCC[C@@H](CCC(=O)O)C3)cc2)n1. The van der Waals surface area contributed by atoms with E-state index in [1.165, 1.54) is 0 Å². The lowest BCUT2D eigenvalue weighted by molar-refractivity contribution is -0.137. The molecule has 1 amide bonds. The molecular formula is C19H22N2O3S. The van der Waals surface area contributed by atoms with Crippen molar-refractivity contribution in [2.75, 3.05) is 13.1 Å². The van der Waals surface area contributed by atoms with Crippen molar-refractivity contribution < 1.29 is 14.7 Å². The third-order valence-electron chi connectivity index (χ3n) is 4.57. The van der Waals surface area contributed by atoms with E-state index in [-0.39, 0.29) is 18.2 Å². The van der Waals surface area contributed by atoms with Gasteiger partial charge in [-0.05, 0) is 44.2 Å². The summed E-state index contributed by atoms with van der Waals surface area (Å²) in [7, 11) is 0. The lowest BCUT2D eigenvalue weighted by Gasteiger charge is -2.32. The molecule has 1 aromatic carbocycles. The van der Waals surface area contributed by atoms with Crippen molar-refractivity contribution in [3.63, 3.8) is 0 Å². The maximum absolute atomic E-state index is 12.7. The summed E-state index contributed by atoms with van der Waals surface area (Å²) in [6.45, 7) is 3.37. The van der Waals surface area contributed by atoms with Gasteiger partial charge in [0.15, 0.2) is 0 Å². The molecule has 0 aliphatic carbocycles. The van der Waals surface area contributed by atoms with Crippen molar-refractivity contribution in [2.45, 2.75) is 32.6 Å². The molecule has 132 valence electrons. The van der Waals surface area contributed by atoms with Crippen molar-refractivity contribution in [3.05, 3.63) is 40.9 Å². The number of piperidine rings is 1. The van der Waals surface area contributed by atoms with Crippen LogP contribution in [0.3, 0.4) is 0 Å². The Hall–Kier alpha value is -2.21. The fraction of sp³-hybridized carbons (Fsp3) is 0.421. The summed E-state index contributed by atoms with van der Waals surface area (Å²) in [5.74, 6) is -0.454. The molecule has 0 unspecified atom stereocenters. The normalized spacial score (nSPS) is 17.5. The van der Waals surface area contributed by atoms with E-state index in [4.69, 9.17) is 5.11 Å². The zero-order chi connectivity index (χ0) is 17.8. The van der Waals surface area contributed by atoms with Gasteiger partial charge in [0.25, 0.3) is 5.91 Å². The number of hydrogen-bond donors (Lipinski definition) is 1. The smallest absolute Gasteiger partial charge is 0.303 e. The first-order valence-corrected chi connectivity index (χ1v) is 9.44. The summed E-state index contributed by atoms with van der Waals surface area (Å²) in [6.07, 6.45) is 2.75. The lowest BCUT2D eigenvalue weighted by atomic mass is 9.93. The van der Waals surface area contributed by atoms with Gasteiger partial charge in [0, 0.05) is 41.7 Å². The van der Waals surface area contributed by atoms with Crippen LogP contribution in [0.4, 0.5) is 0 Å². The van der Waals surface area contributed by atoms with Crippen LogP contribution < -0.4 is 0 Å². The Kier molecular flexibility index (Phi) is 5.48. The van der Waals surface area contributed by atoms with E-state index < -0.39 is 5.97 Å². The first kappa shape index (κ1) is 17.6. The van der Waals surface area contributed by atoms with Gasteiger partial charge in [-0.1, -0.05) is 12.1 Å². The van der Waals surface area contributed by atoms with Crippen molar-refractivity contribution in [1.82, 2.24) is 9.88 Å². The largest absolute Gasteiger partial charge is 0.481 e. The number of thiazole rings is 1. The zero-order valence-electron chi connectivity index (χ0n) is 14.3. The van der Waals surface area contributed by atoms with Crippen molar-refractivity contribution in [3.8, 4) is 10.6 Å². The Morgan fingerprint density at radius 2 is 2.08 bits per heavy atom. The maximum atomic E-state index is 12.7. The highest BCUT2D eigenvalue weighted by Crippen LogP contribution is 2.25. The van der Waals surface area contributed by atoms with E-state index >= 15 is 0 Å². The van der Waals surface area contributed by atoms with Crippen LogP contribution in [0.2, 0.25) is 0 Å². The highest BCUT2D eigenvalue weighted by atomic mass is 32.1. The van der Waals surface area contributed by atoms with Crippen LogP contribution >= 0.6 is 11.3 Å². The third kappa shape index (κ3) is 4.45. The summed E-state index contributed by atoms with van der Waals surface area (Å²) in [5.41, 5.74) is 2.70. The topological polar surface area (TPSA) is 70.5 Å². The molecule has 0 spiro atoms. The number of hydrogen-bond acceptors (Lipinski definition) is 4. The minimum Gasteiger partial charge on any atom is -0.481 e. The van der Waals surface area contributed by atoms with Crippen LogP contribution in [0.25, 0.3) is 10.6 Å². The molecule has 1 aromatic heterocycles. The fourth-order valence-electron chi connectivity index (χ4n) is 3.24. The van der Waals surface area contributed by atoms with Gasteiger partial charge in [0.05, 0.1) is 0 Å². The highest BCUT2D eigenvalue weighted by Gasteiger charge is 2.24. The Balaban J connectivity index is 1.65. The zero-order valence-corrected chi connectivity index (χ0v) is 15.1. The predicted molar refractivity (Wildman–Crippen MR) is 97.8 cm³/mol. The quantitative estimate of drug-likeness (QED) is 0.882. The number of carbonyl (C=O) groups is 2. The number of aliphatic carboxylic acids is 1. The first-order valence-electron chi connectivity index (χ1n) is 8.56. The molecule has 3 rings (SSSR count). The molecule has 0 radical (unpaired) electrons. The molecule has 2 aromatic rings. The molecule has 25 heavy (non-hydrogen) atoms. The van der Waals surface area contributed by atoms with Crippen molar-refractivity contribution >= 4 is 23.2 Å². The van der Waals surface area contributed by atoms with Crippen molar-refractivity contribution in [2.24, 2.45) is 5.92 Å². The number of aromatic nitrogens is 1. The summed E-state index contributed by atoms with van der Waals surface area (Å²) in [5, 5.41) is 11.8. The van der Waals surface area contributed by atoms with Gasteiger partial charge in [-0.25, -0.2) is 4.98 Å². The van der Waals surface area contributed by atoms with E-state index in [1.807, 2.05) is 41.5 Å². The summed E-state index contributed by atoms with van der Waals surface area (Å²) in [4.78, 5) is 29.8. The van der Waals surface area contributed by atoms with Gasteiger partial charge in [0.1, 0.15) is 5.01 Å². The molecule has 1 N–H and O–H groups in total. The van der Waals surface area contributed by atoms with Crippen LogP contribution in [-0.2, 0) is 4.79 Å². The number of amides is 1. The summed E-state index contributed by atoms with van der Waals surface area (Å²) >= 11 is 1.60. The highest BCUT2D eigenvalue weighted by molar-refractivity contribution is 7.13. The second-order valence-corrected chi connectivity index (χ2v) is 7.42. The van der Waals surface area contributed by atoms with E-state index in [0.717, 1.165) is 35.7 Å². The number of carboxylic acids is 1. The van der Waals surface area contributed by atoms with Crippen LogP contribution in [0.5, 0.6) is 0 Å². The molecule has 1 aliphatic rings. The Bertz CT molecular complexity index is 754. The molecule has 6 heteroatoms. The molecule has 0 saturated carbocycles. The average Bonchev–Trinajstić information content (AvgIpc) is 3.06. The van der Waals surface area contributed by atoms with E-state index in [9.17, 15) is 9.59 Å². The van der Waals surface area contributed by atoms with Gasteiger partial charge < -0.3 is 10.0 Å². The van der Waals surface area contributed by atoms with E-state index in [0.29, 0.717) is 18.5 Å². The Labute approximate surface area is 151 Å². The van der Waals surface area contributed by atoms with Gasteiger partial charge >= 0.3 is 5.97 Å². The number of nitrogens with zero attached hydrogens (tertiary/aromatic N) is 2. The van der Waals surface area contributed by atoms with E-state index in [2.05, 4.69) is 4.98 Å². The number of likely N-dealkylation sites (tertiary alicyclic amines) is 1. The molecule has 0 bridgehead atoms. The van der Waals surface area contributed by atoms with Crippen LogP contribution in [0.15, 0.2) is 29.6 Å². The standard InChI is InChI=1S/C19H22N2O3S/c1-13-12-25-18(20-13)15-5-7-16(8-6-15)19(24)21-10-2-3-14(11-21)4-9-17(22)23/h5-8,12,14H,2-4,9-11H2,1H3,(H,22,23)/t14-/m0/s1. The maximum Gasteiger partial charge on any atom is 0.303 e. The number of carbonyl (C=O) groups excluding carboxylic acids is 1. The van der Waals surface area contributed by atoms with Gasteiger partial charge in [-0.3, -0.25) is 9.59 Å². The number of carboxylic acid groups (broad SMARTS) is 1. The van der Waals surface area contributed by atoms with Crippen molar-refractivity contribution in [1.29, 1.82) is 0 Å². The fourth-order valence-corrected chi connectivity index (χ4v) is 4.04. The summed E-state index contributed by atoms with van der Waals surface area (Å²) in [6, 6.07) is 7.60. The van der Waals surface area contributed by atoms with Crippen LogP contribution in [0, 0.1) is 12.8 Å². The molecule has 1 saturated heterocycles. The number of aryl methyl sites for hydroxylation is 1. The molecular weight excluding hydrogens is 336 g/mol. The third-order valence-corrected chi connectivity index (χ3v) is 5.58. The summed E-state index contributed by atoms with van der Waals surface area (Å²) < 4.78 is 0. The second-order valence-electron chi connectivity index (χ2n) is 6.56. The predicted octanol–water partition coefficient (Wildman–Crippen LogP) is 3.84. The van der Waals surface area contributed by atoms with Gasteiger partial charge in [-0.2, -0.15) is 0 Å². The minimum atomic E-state index is -0.767. The molecule has 1 fully saturated rings. The van der Waals surface area contributed by atoms with E-state index in [1.54, 1.807) is 11.3 Å². The second kappa shape index (κ2) is 7.78. The molecule has 5 nitrogen and oxygen atoms in total. The number of benzene rings is 1. The molecule has 2 heterocycles. The number of rotatable bonds is 5. The minimum absolute atomic E-state index is 0.0295.